The first kappa shape index (κ1) is 52.2. The van der Waals surface area contributed by atoms with Gasteiger partial charge in [-0.3, -0.25) is 4.79 Å². The summed E-state index contributed by atoms with van der Waals surface area (Å²) in [6, 6.07) is 8.27. The minimum Gasteiger partial charge on any atom is -0.482 e. The zero-order valence-electron chi connectivity index (χ0n) is 44.3. The van der Waals surface area contributed by atoms with Gasteiger partial charge in [-0.15, -0.1) is 0 Å². The Morgan fingerprint density at radius 1 is 0.960 bits per heavy atom. The Morgan fingerprint density at radius 3 is 2.36 bits per heavy atom. The van der Waals surface area contributed by atoms with Crippen LogP contribution in [0.5, 0.6) is 23.0 Å². The molecule has 0 aromatic heterocycles. The quantitative estimate of drug-likeness (QED) is 0.0797. The number of aliphatic hydroxyl groups excluding tert-OH is 2. The lowest BCUT2D eigenvalue weighted by atomic mass is 9.45. The van der Waals surface area contributed by atoms with Crippen LogP contribution in [0.3, 0.4) is 0 Å². The number of Topliss-reactive ketones (excluding diaryl/α,β-unsaturated/α-hetero) is 1. The molecule has 4 N–H and O–H groups in total. The maximum absolute atomic E-state index is 15.6. The highest BCUT2D eigenvalue weighted by Gasteiger charge is 2.84. The lowest BCUT2D eigenvalue weighted by Gasteiger charge is -2.61. The number of aliphatic hydroxyl groups is 2. The van der Waals surface area contributed by atoms with Gasteiger partial charge in [0.2, 0.25) is 12.2 Å². The number of fused-ring (bicyclic) bond motifs is 4. The Balaban J connectivity index is 1.13. The predicted octanol–water partition coefficient (Wildman–Crippen LogP) is 7.76. The molecule has 1 spiro atoms. The smallest absolute Gasteiger partial charge is 0.343 e. The molecule has 0 amide bonds. The lowest BCUT2D eigenvalue weighted by molar-refractivity contribution is -0.373. The van der Waals surface area contributed by atoms with Crippen molar-refractivity contribution in [2.24, 2.45) is 23.5 Å². The number of ether oxygens (including phenoxy) is 10. The normalized spacial score (nSPS) is 33.0. The van der Waals surface area contributed by atoms with Crippen molar-refractivity contribution in [1.29, 1.82) is 5.26 Å². The summed E-state index contributed by atoms with van der Waals surface area (Å²) in [5.74, 6) is -4.03. The van der Waals surface area contributed by atoms with E-state index in [1.807, 2.05) is 66.7 Å². The van der Waals surface area contributed by atoms with Gasteiger partial charge in [-0.2, -0.15) is 5.26 Å². The lowest BCUT2D eigenvalue weighted by Crippen LogP contribution is -2.75. The molecular formula is C58H66N2O15. The van der Waals surface area contributed by atoms with Crippen LogP contribution in [0.25, 0.3) is 11.8 Å². The van der Waals surface area contributed by atoms with Crippen molar-refractivity contribution in [2.45, 2.75) is 160 Å². The summed E-state index contributed by atoms with van der Waals surface area (Å²) in [4.78, 5) is 43.3. The zero-order chi connectivity index (χ0) is 53.9. The third-order valence-corrected chi connectivity index (χ3v) is 16.1. The minimum absolute atomic E-state index is 0.0244. The van der Waals surface area contributed by atoms with Gasteiger partial charge in [0, 0.05) is 40.9 Å². The van der Waals surface area contributed by atoms with Gasteiger partial charge < -0.3 is 63.3 Å². The fourth-order valence-corrected chi connectivity index (χ4v) is 12.5. The van der Waals surface area contributed by atoms with Gasteiger partial charge in [0.25, 0.3) is 0 Å². The molecule has 17 heteroatoms. The number of benzene rings is 2. The molecule has 4 bridgehead atoms. The zero-order valence-corrected chi connectivity index (χ0v) is 44.3. The van der Waals surface area contributed by atoms with Gasteiger partial charge in [-0.1, -0.05) is 29.4 Å². The number of ketones is 1. The Morgan fingerprint density at radius 2 is 1.68 bits per heavy atom. The van der Waals surface area contributed by atoms with Crippen molar-refractivity contribution in [3.63, 3.8) is 0 Å². The number of carbonyl (C=O) groups is 3. The van der Waals surface area contributed by atoms with Crippen LogP contribution in [0.1, 0.15) is 122 Å². The van der Waals surface area contributed by atoms with E-state index in [4.69, 9.17) is 53.1 Å². The predicted molar refractivity (Wildman–Crippen MR) is 270 cm³/mol. The van der Waals surface area contributed by atoms with Crippen molar-refractivity contribution >= 4 is 29.6 Å². The van der Waals surface area contributed by atoms with Crippen LogP contribution in [0.2, 0.25) is 0 Å². The highest BCUT2D eigenvalue weighted by Crippen LogP contribution is 2.74. The Bertz CT molecular complexity index is 3000. The van der Waals surface area contributed by atoms with Crippen LogP contribution in [0.15, 0.2) is 82.3 Å². The molecule has 3 saturated heterocycles. The molecule has 6 aliphatic heterocycles. The molecule has 2 aromatic carbocycles. The third-order valence-electron chi connectivity index (χ3n) is 16.1. The molecule has 3 aliphatic carbocycles. The Hall–Kier alpha value is -6.26. The molecule has 5 unspecified atom stereocenters. The topological polar surface area (TPSA) is 234 Å². The second kappa shape index (κ2) is 18.5. The van der Waals surface area contributed by atoms with Crippen LogP contribution in [0.4, 0.5) is 0 Å². The molecule has 9 aliphatic rings. The maximum Gasteiger partial charge on any atom is 0.343 e. The standard InChI is InChI=1S/C58H66N2O15/c1-28(2)13-12-22-56(10)23-21-34-44(73-56)33(19-14-29(3)4)46-40(45(34)71-52(65)31-15-17-32(18-16-31)68-53-43(62)42(61)47-37(69-53)27-67-55(8,9)72-47)48-41-39(36(26-59)50(60)70-48)35-25-38-54(6,7)75-57(49(35)63,58(38,41)74-46)24-20-30(5)51(64)66-11/h13-18,20-21,23,35,37-39,42-43,47,53,61-62H,12,19,22,24-25,27,60H2,1-11H3/b30-20-/t35?,37-,38-,39?,42-,43-,47-,53-,56?,57?,58?/m1/s1. The molecule has 75 heavy (non-hydrogen) atoms. The van der Waals surface area contributed by atoms with Crippen molar-refractivity contribution in [3.8, 4) is 29.1 Å². The van der Waals surface area contributed by atoms with E-state index in [1.54, 1.807) is 26.8 Å². The highest BCUT2D eigenvalue weighted by molar-refractivity contribution is 6.02. The fraction of sp³-hybridized carbons (Fsp3) is 0.517. The summed E-state index contributed by atoms with van der Waals surface area (Å²) in [5.41, 5.74) is 5.84. The van der Waals surface area contributed by atoms with Crippen LogP contribution in [-0.4, -0.2) is 101 Å². The van der Waals surface area contributed by atoms with E-state index >= 15 is 4.79 Å². The van der Waals surface area contributed by atoms with Gasteiger partial charge in [0.05, 0.1) is 36.0 Å². The van der Waals surface area contributed by atoms with Crippen molar-refractivity contribution in [3.05, 3.63) is 105 Å². The summed E-state index contributed by atoms with van der Waals surface area (Å²) in [5, 5.41) is 32.9. The van der Waals surface area contributed by atoms with Crippen molar-refractivity contribution < 1.29 is 72.0 Å². The van der Waals surface area contributed by atoms with Crippen LogP contribution < -0.4 is 24.7 Å². The number of nitrogens with zero attached hydrogens (tertiary/aromatic N) is 1. The van der Waals surface area contributed by atoms with E-state index in [0.717, 1.165) is 11.1 Å². The van der Waals surface area contributed by atoms with Gasteiger partial charge in [-0.05, 0) is 131 Å². The SMILES string of the molecule is COC(=O)/C(C)=C\CC12OC(C)(C)[C@H]3CC(C1=O)C1C(C#N)=C(N)OC4=C1C32Oc1c(CC=C(C)C)c2c(c(OC(=O)c3ccc(O[C@@H]5O[C@@H]6COC(C)(C)O[C@H]6[C@H](O)[C@H]5O)cc3)c14)C=CC(C)(CCC=C(C)C)O2. The molecule has 398 valence electrons. The molecule has 6 fully saturated rings. The third kappa shape index (κ3) is 8.31. The number of carbonyl (C=O) groups excluding carboxylic acids is 3. The van der Waals surface area contributed by atoms with Crippen molar-refractivity contribution in [2.75, 3.05) is 13.7 Å². The van der Waals surface area contributed by atoms with E-state index in [1.165, 1.54) is 31.4 Å². The first-order valence-electron chi connectivity index (χ1n) is 25.6. The van der Waals surface area contributed by atoms with E-state index < -0.39 is 88.6 Å². The summed E-state index contributed by atoms with van der Waals surface area (Å²) in [7, 11) is 1.29. The number of nitrogens with two attached hydrogens (primary N) is 1. The second-order valence-electron chi connectivity index (χ2n) is 22.6. The van der Waals surface area contributed by atoms with E-state index in [2.05, 4.69) is 12.1 Å². The molecule has 2 aromatic rings. The number of hydrogen-bond acceptors (Lipinski definition) is 17. The molecule has 6 heterocycles. The van der Waals surface area contributed by atoms with Crippen LogP contribution >= 0.6 is 0 Å². The molecule has 3 saturated carbocycles. The molecule has 0 radical (unpaired) electrons. The summed E-state index contributed by atoms with van der Waals surface area (Å²) in [6.45, 7) is 19.0. The van der Waals surface area contributed by atoms with E-state index in [9.17, 15) is 25.1 Å². The first-order valence-corrected chi connectivity index (χ1v) is 25.6. The van der Waals surface area contributed by atoms with E-state index in [0.29, 0.717) is 35.3 Å². The first-order chi connectivity index (χ1) is 35.4. The largest absolute Gasteiger partial charge is 0.482 e. The summed E-state index contributed by atoms with van der Waals surface area (Å²) >= 11 is 0. The number of methoxy groups -OCH3 is 1. The number of allylic oxidation sites excluding steroid dienone is 5. The molecule has 11 atom stereocenters. The number of hydrogen-bond donors (Lipinski definition) is 3. The Labute approximate surface area is 436 Å². The van der Waals surface area contributed by atoms with E-state index in [-0.39, 0.29) is 82.8 Å². The average Bonchev–Trinajstić information content (AvgIpc) is 3.50. The average molecular weight is 1030 g/mol. The fourth-order valence-electron chi connectivity index (χ4n) is 12.5. The summed E-state index contributed by atoms with van der Waals surface area (Å²) < 4.78 is 64.1. The van der Waals surface area contributed by atoms with Gasteiger partial charge >= 0.3 is 11.9 Å². The summed E-state index contributed by atoms with van der Waals surface area (Å²) in [6.07, 6.45) is 5.75. The van der Waals surface area contributed by atoms with Gasteiger partial charge in [0.1, 0.15) is 64.7 Å². The van der Waals surface area contributed by atoms with Crippen LogP contribution in [0, 0.1) is 29.1 Å². The highest BCUT2D eigenvalue weighted by atomic mass is 16.8. The molecule has 17 nitrogen and oxygen atoms in total. The van der Waals surface area contributed by atoms with Gasteiger partial charge in [0.15, 0.2) is 28.5 Å². The monoisotopic (exact) mass is 1030 g/mol. The van der Waals surface area contributed by atoms with Gasteiger partial charge in [-0.25, -0.2) is 9.59 Å². The Kier molecular flexibility index (Phi) is 12.9. The van der Waals surface area contributed by atoms with Crippen molar-refractivity contribution in [1.82, 2.24) is 0 Å². The number of rotatable bonds is 12. The second-order valence-corrected chi connectivity index (χ2v) is 22.6. The number of nitriles is 1. The van der Waals surface area contributed by atoms with Crippen LogP contribution in [-0.2, 0) is 44.4 Å². The number of esters is 2. The minimum atomic E-state index is -1.75. The molecule has 11 rings (SSSR count). The molecular weight excluding hydrogens is 965 g/mol. The maximum atomic E-state index is 15.6.